The van der Waals surface area contributed by atoms with Gasteiger partial charge in [-0.3, -0.25) is 4.57 Å². The molecule has 0 aliphatic carbocycles. The molecule has 16 heteroatoms. The van der Waals surface area contributed by atoms with Crippen molar-refractivity contribution in [2.75, 3.05) is 19.5 Å². The quantitative estimate of drug-likeness (QED) is 0.127. The minimum Gasteiger partial charge on any atom is -0.479 e. The zero-order valence-electron chi connectivity index (χ0n) is 24.8. The Hall–Kier alpha value is -4.20. The predicted molar refractivity (Wildman–Crippen MR) is 156 cm³/mol. The molecular weight excluding hydrogens is 596 g/mol. The van der Waals surface area contributed by atoms with Crippen molar-refractivity contribution in [2.24, 2.45) is 0 Å². The first-order valence-electron chi connectivity index (χ1n) is 13.8. The number of rotatable bonds is 11. The van der Waals surface area contributed by atoms with Crippen LogP contribution in [0.2, 0.25) is 0 Å². The summed E-state index contributed by atoms with van der Waals surface area (Å²) < 4.78 is 60.4. The number of methoxy groups -OCH3 is 1. The summed E-state index contributed by atoms with van der Waals surface area (Å²) in [6, 6.07) is 11.0. The molecule has 2 aromatic carbocycles. The van der Waals surface area contributed by atoms with Gasteiger partial charge < -0.3 is 24.5 Å². The van der Waals surface area contributed by atoms with Crippen LogP contribution in [-0.2, 0) is 23.4 Å². The van der Waals surface area contributed by atoms with Gasteiger partial charge in [-0.1, -0.05) is 41.9 Å². The Balaban J connectivity index is 1.42. The van der Waals surface area contributed by atoms with Gasteiger partial charge in [0.05, 0.1) is 32.3 Å². The topological polar surface area (TPSA) is 177 Å². The summed E-state index contributed by atoms with van der Waals surface area (Å²) in [5.41, 5.74) is 13.0. The number of ether oxygens (including phenoxy) is 3. The molecule has 1 fully saturated rings. The number of benzene rings is 2. The Morgan fingerprint density at radius 1 is 1.25 bits per heavy atom. The summed E-state index contributed by atoms with van der Waals surface area (Å²) in [6.45, 7) is 5.57. The van der Waals surface area contributed by atoms with E-state index in [1.165, 1.54) is 31.9 Å². The number of hydrogen-bond donors (Lipinski definition) is 2. The molecule has 5 rings (SSSR count). The molecule has 1 aliphatic rings. The van der Waals surface area contributed by atoms with Gasteiger partial charge in [0.25, 0.3) is 6.04 Å². The molecule has 0 bridgehead atoms. The first kappa shape index (κ1) is 31.2. The second kappa shape index (κ2) is 12.1. The van der Waals surface area contributed by atoms with Crippen LogP contribution in [0.25, 0.3) is 21.9 Å². The first-order valence-corrected chi connectivity index (χ1v) is 15.3. The van der Waals surface area contributed by atoms with Gasteiger partial charge in [0, 0.05) is 18.7 Å². The van der Waals surface area contributed by atoms with E-state index >= 15 is 4.39 Å². The van der Waals surface area contributed by atoms with E-state index in [1.807, 2.05) is 18.2 Å². The fraction of sp³-hybridized carbons (Fsp3) is 0.429. The van der Waals surface area contributed by atoms with E-state index in [2.05, 4.69) is 15.0 Å². The van der Waals surface area contributed by atoms with Crippen molar-refractivity contribution in [3.8, 4) is 11.6 Å². The van der Waals surface area contributed by atoms with Crippen LogP contribution in [0.15, 0.2) is 48.8 Å². The minimum absolute atomic E-state index is 0.0956. The molecule has 1 aliphatic heterocycles. The van der Waals surface area contributed by atoms with Crippen molar-refractivity contribution in [3.63, 3.8) is 0 Å². The third-order valence-electron chi connectivity index (χ3n) is 7.03. The van der Waals surface area contributed by atoms with E-state index < -0.39 is 50.5 Å². The number of nitrogen functional groups attached to an aromatic ring is 1. The molecule has 5 atom stereocenters. The minimum atomic E-state index is -4.60. The molecule has 14 nitrogen and oxygen atoms in total. The second-order valence-electron chi connectivity index (χ2n) is 10.8. The third-order valence-corrected chi connectivity index (χ3v) is 8.80. The van der Waals surface area contributed by atoms with Gasteiger partial charge in [-0.2, -0.15) is 14.5 Å². The lowest BCUT2D eigenvalue weighted by atomic mass is 10.0. The highest BCUT2D eigenvalue weighted by atomic mass is 31.2. The van der Waals surface area contributed by atoms with E-state index in [0.717, 1.165) is 5.39 Å². The SMILES string of the molecule is COc1nc(N)nc2c1ncn2C1OC(COP(=O)(Oc2cccc3ccccc23)[N+](=N)C(C)C(=O)OC(C)C)CC1(C)F. The van der Waals surface area contributed by atoms with Gasteiger partial charge in [0.15, 0.2) is 23.1 Å². The molecule has 2 aromatic heterocycles. The van der Waals surface area contributed by atoms with Gasteiger partial charge >= 0.3 is 13.7 Å². The van der Waals surface area contributed by atoms with Crippen LogP contribution in [-0.4, -0.2) is 67.6 Å². The number of imidazole rings is 1. The number of carbonyl (C=O) groups excluding carboxylic acids is 1. The number of nitrogens with one attached hydrogen (secondary N) is 1. The van der Waals surface area contributed by atoms with Gasteiger partial charge in [0.2, 0.25) is 11.8 Å². The predicted octanol–water partition coefficient (Wildman–Crippen LogP) is 5.17. The van der Waals surface area contributed by atoms with Crippen molar-refractivity contribution < 1.29 is 41.5 Å². The Morgan fingerprint density at radius 2 is 1.98 bits per heavy atom. The van der Waals surface area contributed by atoms with Crippen molar-refractivity contribution in [3.05, 3.63) is 48.8 Å². The highest BCUT2D eigenvalue weighted by Gasteiger charge is 2.53. The molecule has 3 N–H and O–H groups in total. The number of aromatic nitrogens is 4. The maximum Gasteiger partial charge on any atom is 0.690 e. The monoisotopic (exact) mass is 630 g/mol. The first-order chi connectivity index (χ1) is 20.8. The molecule has 0 amide bonds. The molecular formula is C28H34FN7O7P+. The molecule has 5 unspecified atom stereocenters. The Morgan fingerprint density at radius 3 is 2.70 bits per heavy atom. The summed E-state index contributed by atoms with van der Waals surface area (Å²) in [5, 5.41) is 1.41. The van der Waals surface area contributed by atoms with Crippen LogP contribution < -0.4 is 15.0 Å². The number of fused-ring (bicyclic) bond motifs is 2. The van der Waals surface area contributed by atoms with E-state index in [0.29, 0.717) is 9.85 Å². The van der Waals surface area contributed by atoms with Gasteiger partial charge in [-0.25, -0.2) is 18.7 Å². The normalized spacial score (nSPS) is 22.2. The van der Waals surface area contributed by atoms with Crippen LogP contribution in [0.1, 0.15) is 40.3 Å². The molecule has 0 radical (unpaired) electrons. The fourth-order valence-electron chi connectivity index (χ4n) is 4.94. The summed E-state index contributed by atoms with van der Waals surface area (Å²) in [7, 11) is -3.20. The fourth-order valence-corrected chi connectivity index (χ4v) is 6.49. The number of hydrogen-bond acceptors (Lipinski definition) is 12. The Bertz CT molecular complexity index is 1760. The molecule has 4 aromatic rings. The summed E-state index contributed by atoms with van der Waals surface area (Å²) in [4.78, 5) is 25.1. The number of anilines is 1. The Kier molecular flexibility index (Phi) is 8.56. The van der Waals surface area contributed by atoms with E-state index in [9.17, 15) is 9.36 Å². The summed E-state index contributed by atoms with van der Waals surface area (Å²) in [5.74, 6) is -0.596. The maximum atomic E-state index is 16.0. The lowest BCUT2D eigenvalue weighted by molar-refractivity contribution is -0.517. The molecule has 0 spiro atoms. The smallest absolute Gasteiger partial charge is 0.479 e. The van der Waals surface area contributed by atoms with Gasteiger partial charge in [-0.15, -0.1) is 0 Å². The van der Waals surface area contributed by atoms with Crippen LogP contribution in [0.3, 0.4) is 0 Å². The number of halogens is 1. The number of esters is 1. The van der Waals surface area contributed by atoms with Crippen molar-refractivity contribution >= 4 is 41.6 Å². The molecule has 0 saturated carbocycles. The van der Waals surface area contributed by atoms with E-state index in [-0.39, 0.29) is 35.2 Å². The Labute approximate surface area is 252 Å². The van der Waals surface area contributed by atoms with E-state index in [1.54, 1.807) is 38.1 Å². The highest BCUT2D eigenvalue weighted by Crippen LogP contribution is 2.52. The standard InChI is InChI=1S/C28H34FN7O7P/c1-16(2)41-25(37)17(3)36(31)44(38,43-21-12-8-10-18-9-6-7-11-20(18)21)40-14-19-13-28(4,29)26(42-19)35-15-32-22-23(35)33-27(30)34-24(22)39-5/h6-12,15-17,19,26,31H,13-14H2,1-5H3,(H2,30,33,34)/q+1. The van der Waals surface area contributed by atoms with E-state index in [4.69, 9.17) is 34.5 Å². The van der Waals surface area contributed by atoms with Crippen molar-refractivity contribution in [1.29, 1.82) is 5.53 Å². The zero-order valence-corrected chi connectivity index (χ0v) is 25.7. The average molecular weight is 631 g/mol. The highest BCUT2D eigenvalue weighted by molar-refractivity contribution is 7.47. The molecule has 3 heterocycles. The lowest BCUT2D eigenvalue weighted by Crippen LogP contribution is -2.33. The van der Waals surface area contributed by atoms with Crippen LogP contribution in [0.4, 0.5) is 10.3 Å². The third kappa shape index (κ3) is 6.07. The second-order valence-corrected chi connectivity index (χ2v) is 12.7. The van der Waals surface area contributed by atoms with Gasteiger partial charge in [0.1, 0.15) is 5.75 Å². The number of alkyl halides is 1. The van der Waals surface area contributed by atoms with Crippen LogP contribution in [0.5, 0.6) is 11.6 Å². The molecule has 44 heavy (non-hydrogen) atoms. The zero-order chi connectivity index (χ0) is 31.8. The molecule has 234 valence electrons. The summed E-state index contributed by atoms with van der Waals surface area (Å²) >= 11 is 0. The van der Waals surface area contributed by atoms with Crippen LogP contribution in [0, 0.1) is 5.53 Å². The van der Waals surface area contributed by atoms with Crippen molar-refractivity contribution in [2.45, 2.75) is 64.3 Å². The largest absolute Gasteiger partial charge is 0.690 e. The number of nitrogens with zero attached hydrogens (tertiary/aromatic N) is 5. The number of nitrogens with two attached hydrogens (primary N) is 1. The lowest BCUT2D eigenvalue weighted by Gasteiger charge is -2.22. The van der Waals surface area contributed by atoms with Crippen molar-refractivity contribution in [1.82, 2.24) is 19.5 Å². The van der Waals surface area contributed by atoms with Gasteiger partial charge in [-0.05, 0) is 36.7 Å². The van der Waals surface area contributed by atoms with Crippen LogP contribution >= 0.6 is 7.75 Å². The average Bonchev–Trinajstić information content (AvgIpc) is 3.53. The maximum absolute atomic E-state index is 16.0. The number of carbonyl (C=O) groups is 1. The molecule has 1 saturated heterocycles. The summed E-state index contributed by atoms with van der Waals surface area (Å²) in [6.07, 6.45) is -1.46.